The van der Waals surface area contributed by atoms with Crippen LogP contribution in [0.1, 0.15) is 26.2 Å². The van der Waals surface area contributed by atoms with Gasteiger partial charge in [-0.2, -0.15) is 0 Å². The van der Waals surface area contributed by atoms with Crippen LogP contribution >= 0.6 is 0 Å². The van der Waals surface area contributed by atoms with Gasteiger partial charge in [0.05, 0.1) is 6.61 Å². The highest BCUT2D eigenvalue weighted by Gasteiger charge is 2.02. The van der Waals surface area contributed by atoms with E-state index in [1.54, 1.807) is 0 Å². The first-order valence-corrected chi connectivity index (χ1v) is 3.70. The zero-order valence-corrected chi connectivity index (χ0v) is 6.80. The van der Waals surface area contributed by atoms with E-state index in [1.165, 1.54) is 0 Å². The predicted molar refractivity (Wildman–Crippen MR) is 41.8 cm³/mol. The summed E-state index contributed by atoms with van der Waals surface area (Å²) in [6, 6.07) is 0. The number of aliphatic hydroxyl groups excluding tert-OH is 1. The van der Waals surface area contributed by atoms with Crippen LogP contribution in [0.15, 0.2) is 12.3 Å². The Bertz CT molecular complexity index is 124. The maximum atomic E-state index is 10.8. The Hall–Kier alpha value is -0.830. The average molecular weight is 158 g/mol. The van der Waals surface area contributed by atoms with E-state index in [0.29, 0.717) is 18.6 Å². The Labute approximate surface area is 66.7 Å². The number of carbonyl (C=O) groups is 1. The first-order chi connectivity index (χ1) is 5.20. The maximum Gasteiger partial charge on any atom is 0.310 e. The van der Waals surface area contributed by atoms with Crippen LogP contribution in [-0.4, -0.2) is 17.7 Å². The molecule has 0 heterocycles. The molecule has 0 radical (unpaired) electrons. The molecule has 0 bridgehead atoms. The minimum absolute atomic E-state index is 0.0295. The summed E-state index contributed by atoms with van der Waals surface area (Å²) >= 11 is 0. The highest BCUT2D eigenvalue weighted by molar-refractivity contribution is 5.70. The minimum atomic E-state index is -0.272. The topological polar surface area (TPSA) is 46.5 Å². The largest absolute Gasteiger partial charge is 0.432 e. The number of hydrogen-bond acceptors (Lipinski definition) is 3. The fourth-order valence-electron chi connectivity index (χ4n) is 0.592. The number of carbonyl (C=O) groups excluding carboxylic acids is 1. The quantitative estimate of drug-likeness (QED) is 0.483. The van der Waals surface area contributed by atoms with Gasteiger partial charge in [0.2, 0.25) is 0 Å². The van der Waals surface area contributed by atoms with Crippen LogP contribution in [0.3, 0.4) is 0 Å². The van der Waals surface area contributed by atoms with E-state index in [0.717, 1.165) is 6.42 Å². The summed E-state index contributed by atoms with van der Waals surface area (Å²) in [5.41, 5.74) is 0. The van der Waals surface area contributed by atoms with Crippen LogP contribution in [-0.2, 0) is 9.53 Å². The van der Waals surface area contributed by atoms with Crippen LogP contribution in [0.4, 0.5) is 0 Å². The molecule has 64 valence electrons. The third-order valence-corrected chi connectivity index (χ3v) is 1.10. The van der Waals surface area contributed by atoms with E-state index < -0.39 is 0 Å². The molecule has 0 aromatic carbocycles. The van der Waals surface area contributed by atoms with Crippen molar-refractivity contribution < 1.29 is 14.6 Å². The van der Waals surface area contributed by atoms with Crippen LogP contribution in [0.5, 0.6) is 0 Å². The molecule has 0 atom stereocenters. The van der Waals surface area contributed by atoms with Gasteiger partial charge >= 0.3 is 5.97 Å². The van der Waals surface area contributed by atoms with Crippen molar-refractivity contribution in [2.45, 2.75) is 26.2 Å². The normalized spacial score (nSPS) is 9.27. The van der Waals surface area contributed by atoms with Crippen LogP contribution in [0.25, 0.3) is 0 Å². The molecule has 0 saturated carbocycles. The molecule has 0 saturated heterocycles. The van der Waals surface area contributed by atoms with Crippen LogP contribution in [0, 0.1) is 0 Å². The van der Waals surface area contributed by atoms with Crippen LogP contribution in [0.2, 0.25) is 0 Å². The highest BCUT2D eigenvalue weighted by atomic mass is 16.5. The van der Waals surface area contributed by atoms with Gasteiger partial charge < -0.3 is 9.84 Å². The van der Waals surface area contributed by atoms with E-state index in [1.807, 2.05) is 6.92 Å². The number of esters is 1. The maximum absolute atomic E-state index is 10.8. The van der Waals surface area contributed by atoms with Gasteiger partial charge in [-0.05, 0) is 6.42 Å². The van der Waals surface area contributed by atoms with Gasteiger partial charge in [-0.15, -0.1) is 0 Å². The molecule has 0 aromatic rings. The zero-order valence-electron chi connectivity index (χ0n) is 6.80. The molecule has 0 unspecified atom stereocenters. The molecule has 3 heteroatoms. The SMILES string of the molecule is C=C(CCO)OC(=O)CCC. The Morgan fingerprint density at radius 2 is 2.18 bits per heavy atom. The van der Waals surface area contributed by atoms with Gasteiger partial charge in [-0.25, -0.2) is 0 Å². The molecular weight excluding hydrogens is 144 g/mol. The van der Waals surface area contributed by atoms with Gasteiger partial charge in [-0.3, -0.25) is 4.79 Å². The van der Waals surface area contributed by atoms with Crippen molar-refractivity contribution >= 4 is 5.97 Å². The van der Waals surface area contributed by atoms with Gasteiger partial charge in [0, 0.05) is 12.8 Å². The van der Waals surface area contributed by atoms with E-state index >= 15 is 0 Å². The van der Waals surface area contributed by atoms with Crippen molar-refractivity contribution in [1.82, 2.24) is 0 Å². The van der Waals surface area contributed by atoms with Crippen molar-refractivity contribution in [2.75, 3.05) is 6.61 Å². The fourth-order valence-corrected chi connectivity index (χ4v) is 0.592. The molecule has 0 aliphatic rings. The van der Waals surface area contributed by atoms with Gasteiger partial charge in [0.25, 0.3) is 0 Å². The summed E-state index contributed by atoms with van der Waals surface area (Å²) in [7, 11) is 0. The van der Waals surface area contributed by atoms with Gasteiger partial charge in [-0.1, -0.05) is 13.5 Å². The first kappa shape index (κ1) is 10.2. The highest BCUT2D eigenvalue weighted by Crippen LogP contribution is 2.02. The molecule has 1 N–H and O–H groups in total. The van der Waals surface area contributed by atoms with Crippen molar-refractivity contribution in [3.8, 4) is 0 Å². The predicted octanol–water partition coefficient (Wildman–Crippen LogP) is 1.23. The summed E-state index contributed by atoms with van der Waals surface area (Å²) in [6.07, 6.45) is 1.51. The summed E-state index contributed by atoms with van der Waals surface area (Å²) in [6.45, 7) is 5.33. The number of hydrogen-bond donors (Lipinski definition) is 1. The number of rotatable bonds is 5. The monoisotopic (exact) mass is 158 g/mol. The van der Waals surface area contributed by atoms with E-state index in [2.05, 4.69) is 6.58 Å². The van der Waals surface area contributed by atoms with Gasteiger partial charge in [0.1, 0.15) is 5.76 Å². The summed E-state index contributed by atoms with van der Waals surface area (Å²) < 4.78 is 4.74. The Morgan fingerprint density at radius 1 is 1.55 bits per heavy atom. The van der Waals surface area contributed by atoms with E-state index in [9.17, 15) is 4.79 Å². The number of aliphatic hydroxyl groups is 1. The molecule has 0 amide bonds. The molecule has 0 fully saturated rings. The average Bonchev–Trinajstić information content (AvgIpc) is 1.87. The third-order valence-electron chi connectivity index (χ3n) is 1.10. The lowest BCUT2D eigenvalue weighted by molar-refractivity contribution is -0.139. The summed E-state index contributed by atoms with van der Waals surface area (Å²) in [5.74, 6) is 0.0666. The first-order valence-electron chi connectivity index (χ1n) is 3.70. The van der Waals surface area contributed by atoms with Crippen molar-refractivity contribution in [3.63, 3.8) is 0 Å². The second kappa shape index (κ2) is 5.92. The van der Waals surface area contributed by atoms with Crippen molar-refractivity contribution in [3.05, 3.63) is 12.3 Å². The minimum Gasteiger partial charge on any atom is -0.432 e. The van der Waals surface area contributed by atoms with Crippen molar-refractivity contribution in [1.29, 1.82) is 0 Å². The lowest BCUT2D eigenvalue weighted by Crippen LogP contribution is -2.03. The molecule has 11 heavy (non-hydrogen) atoms. The number of ether oxygens (including phenoxy) is 1. The molecule has 3 nitrogen and oxygen atoms in total. The lowest BCUT2D eigenvalue weighted by Gasteiger charge is -2.03. The Kier molecular flexibility index (Phi) is 5.47. The molecule has 0 aliphatic carbocycles. The summed E-state index contributed by atoms with van der Waals surface area (Å²) in [4.78, 5) is 10.8. The molecule has 0 aromatic heterocycles. The fraction of sp³-hybridized carbons (Fsp3) is 0.625. The lowest BCUT2D eigenvalue weighted by atomic mass is 10.3. The molecular formula is C8H14O3. The van der Waals surface area contributed by atoms with E-state index in [4.69, 9.17) is 9.84 Å². The zero-order chi connectivity index (χ0) is 8.69. The smallest absolute Gasteiger partial charge is 0.310 e. The van der Waals surface area contributed by atoms with E-state index in [-0.39, 0.29) is 12.6 Å². The standard InChI is InChI=1S/C8H14O3/c1-3-4-8(10)11-7(2)5-6-9/h9H,2-6H2,1H3. The van der Waals surface area contributed by atoms with Gasteiger partial charge in [0.15, 0.2) is 0 Å². The molecule has 0 aliphatic heterocycles. The Morgan fingerprint density at radius 3 is 2.64 bits per heavy atom. The Balaban J connectivity index is 3.49. The summed E-state index contributed by atoms with van der Waals surface area (Å²) in [5, 5.41) is 8.43. The van der Waals surface area contributed by atoms with Crippen molar-refractivity contribution in [2.24, 2.45) is 0 Å². The molecule has 0 rings (SSSR count). The third kappa shape index (κ3) is 5.61. The second-order valence-electron chi connectivity index (χ2n) is 2.24. The molecule has 0 spiro atoms. The second-order valence-corrected chi connectivity index (χ2v) is 2.24. The van der Waals surface area contributed by atoms with Crippen LogP contribution < -0.4 is 0 Å².